The van der Waals surface area contributed by atoms with Crippen LogP contribution in [0.3, 0.4) is 0 Å². The summed E-state index contributed by atoms with van der Waals surface area (Å²) in [6.07, 6.45) is 2.49. The molecule has 1 aliphatic heterocycles. The van der Waals surface area contributed by atoms with E-state index in [1.54, 1.807) is 32.5 Å². The van der Waals surface area contributed by atoms with Crippen molar-refractivity contribution in [2.24, 2.45) is 0 Å². The summed E-state index contributed by atoms with van der Waals surface area (Å²) in [6.45, 7) is 0.698. The maximum atomic E-state index is 12.9. The van der Waals surface area contributed by atoms with Gasteiger partial charge in [-0.25, -0.2) is 4.98 Å². The van der Waals surface area contributed by atoms with Crippen LogP contribution in [0.1, 0.15) is 15.9 Å². The third-order valence-electron chi connectivity index (χ3n) is 4.80. The molecule has 2 aromatic carbocycles. The fourth-order valence-corrected chi connectivity index (χ4v) is 3.36. The van der Waals surface area contributed by atoms with E-state index in [0.717, 1.165) is 17.8 Å². The molecule has 0 unspecified atom stereocenters. The first-order chi connectivity index (χ1) is 13.7. The highest BCUT2D eigenvalue weighted by Gasteiger charge is 2.25. The minimum Gasteiger partial charge on any atom is -0.493 e. The van der Waals surface area contributed by atoms with Gasteiger partial charge in [-0.1, -0.05) is 18.2 Å². The molecule has 6 nitrogen and oxygen atoms in total. The maximum absolute atomic E-state index is 12.9. The molecular formula is C22H21N3O3. The highest BCUT2D eigenvalue weighted by molar-refractivity contribution is 6.07. The Bertz CT molecular complexity index is 1000. The number of aromatic nitrogens is 1. The standard InChI is InChI=1S/C22H21N3O3/c1-27-19-9-8-17(13-20(19)28-2)24-21-10-7-16(14-23-21)22(26)25-12-11-15-5-3-4-6-18(15)25/h3-10,13-14H,11-12H2,1-2H3,(H,23,24). The number of benzene rings is 2. The average Bonchev–Trinajstić information content (AvgIpc) is 3.18. The second-order valence-electron chi connectivity index (χ2n) is 6.46. The molecule has 0 aliphatic carbocycles. The van der Waals surface area contributed by atoms with E-state index >= 15 is 0 Å². The summed E-state index contributed by atoms with van der Waals surface area (Å²) in [4.78, 5) is 19.1. The smallest absolute Gasteiger partial charge is 0.259 e. The van der Waals surface area contributed by atoms with Gasteiger partial charge in [0.25, 0.3) is 5.91 Å². The van der Waals surface area contributed by atoms with Crippen molar-refractivity contribution in [2.75, 3.05) is 31.0 Å². The fraction of sp³-hybridized carbons (Fsp3) is 0.182. The third kappa shape index (κ3) is 3.36. The molecule has 28 heavy (non-hydrogen) atoms. The molecule has 1 aromatic heterocycles. The first-order valence-electron chi connectivity index (χ1n) is 9.04. The molecule has 0 saturated heterocycles. The highest BCUT2D eigenvalue weighted by Crippen LogP contribution is 2.31. The van der Waals surface area contributed by atoms with E-state index in [2.05, 4.69) is 16.4 Å². The number of amides is 1. The van der Waals surface area contributed by atoms with Crippen molar-refractivity contribution >= 4 is 23.1 Å². The van der Waals surface area contributed by atoms with Crippen molar-refractivity contribution in [3.63, 3.8) is 0 Å². The van der Waals surface area contributed by atoms with Gasteiger partial charge in [0.1, 0.15) is 5.82 Å². The summed E-state index contributed by atoms with van der Waals surface area (Å²) in [6, 6.07) is 17.1. The molecule has 2 heterocycles. The first-order valence-corrected chi connectivity index (χ1v) is 9.04. The van der Waals surface area contributed by atoms with Crippen molar-refractivity contribution < 1.29 is 14.3 Å². The number of carbonyl (C=O) groups is 1. The minimum atomic E-state index is -0.0323. The van der Waals surface area contributed by atoms with Gasteiger partial charge >= 0.3 is 0 Å². The third-order valence-corrected chi connectivity index (χ3v) is 4.80. The summed E-state index contributed by atoms with van der Waals surface area (Å²) < 4.78 is 10.6. The molecule has 6 heteroatoms. The van der Waals surface area contributed by atoms with Crippen LogP contribution in [-0.2, 0) is 6.42 Å². The Morgan fingerprint density at radius 3 is 2.61 bits per heavy atom. The van der Waals surface area contributed by atoms with Crippen LogP contribution in [0.15, 0.2) is 60.8 Å². The summed E-state index contributed by atoms with van der Waals surface area (Å²) in [5, 5.41) is 3.21. The second kappa shape index (κ2) is 7.60. The van der Waals surface area contributed by atoms with Crippen molar-refractivity contribution in [3.8, 4) is 11.5 Å². The van der Waals surface area contributed by atoms with E-state index in [-0.39, 0.29) is 5.91 Å². The van der Waals surface area contributed by atoms with Crippen LogP contribution in [-0.4, -0.2) is 31.7 Å². The van der Waals surface area contributed by atoms with Crippen LogP contribution in [0, 0.1) is 0 Å². The highest BCUT2D eigenvalue weighted by atomic mass is 16.5. The molecule has 0 fully saturated rings. The number of methoxy groups -OCH3 is 2. The van der Waals surface area contributed by atoms with Crippen LogP contribution >= 0.6 is 0 Å². The zero-order valence-corrected chi connectivity index (χ0v) is 15.8. The van der Waals surface area contributed by atoms with Gasteiger partial charge in [0.15, 0.2) is 11.5 Å². The van der Waals surface area contributed by atoms with Crippen molar-refractivity contribution in [2.45, 2.75) is 6.42 Å². The Hall–Kier alpha value is -3.54. The molecule has 4 rings (SSSR count). The largest absolute Gasteiger partial charge is 0.493 e. The normalized spacial score (nSPS) is 12.4. The quantitative estimate of drug-likeness (QED) is 0.729. The molecule has 3 aromatic rings. The molecule has 1 aliphatic rings. The van der Waals surface area contributed by atoms with Crippen LogP contribution in [0.4, 0.5) is 17.2 Å². The van der Waals surface area contributed by atoms with Gasteiger partial charge in [0.2, 0.25) is 0 Å². The van der Waals surface area contributed by atoms with Crippen molar-refractivity contribution in [1.29, 1.82) is 0 Å². The van der Waals surface area contributed by atoms with E-state index in [1.165, 1.54) is 5.56 Å². The zero-order valence-electron chi connectivity index (χ0n) is 15.8. The maximum Gasteiger partial charge on any atom is 0.259 e. The van der Waals surface area contributed by atoms with Gasteiger partial charge in [-0.3, -0.25) is 4.79 Å². The molecule has 0 bridgehead atoms. The molecule has 0 radical (unpaired) electrons. The monoisotopic (exact) mass is 375 g/mol. The Balaban J connectivity index is 1.49. The van der Waals surface area contributed by atoms with E-state index < -0.39 is 0 Å². The van der Waals surface area contributed by atoms with E-state index in [0.29, 0.717) is 29.4 Å². The average molecular weight is 375 g/mol. The van der Waals surface area contributed by atoms with Crippen LogP contribution in [0.25, 0.3) is 0 Å². The van der Waals surface area contributed by atoms with E-state index in [4.69, 9.17) is 9.47 Å². The Morgan fingerprint density at radius 2 is 1.86 bits per heavy atom. The lowest BCUT2D eigenvalue weighted by Gasteiger charge is -2.17. The van der Waals surface area contributed by atoms with Gasteiger partial charge in [-0.15, -0.1) is 0 Å². The summed E-state index contributed by atoms with van der Waals surface area (Å²) >= 11 is 0. The second-order valence-corrected chi connectivity index (χ2v) is 6.46. The first kappa shape index (κ1) is 17.9. The van der Waals surface area contributed by atoms with Gasteiger partial charge in [-0.05, 0) is 42.3 Å². The number of anilines is 3. The molecular weight excluding hydrogens is 354 g/mol. The molecule has 0 atom stereocenters. The number of carbonyl (C=O) groups excluding carboxylic acids is 1. The molecule has 142 valence electrons. The number of para-hydroxylation sites is 1. The van der Waals surface area contributed by atoms with Gasteiger partial charge < -0.3 is 19.7 Å². The number of pyridine rings is 1. The Kier molecular flexibility index (Phi) is 4.85. The van der Waals surface area contributed by atoms with Gasteiger partial charge in [0, 0.05) is 30.2 Å². The fourth-order valence-electron chi connectivity index (χ4n) is 3.36. The van der Waals surface area contributed by atoms with Crippen molar-refractivity contribution in [3.05, 3.63) is 71.9 Å². The van der Waals surface area contributed by atoms with Crippen LogP contribution in [0.5, 0.6) is 11.5 Å². The number of fused-ring (bicyclic) bond motifs is 1. The van der Waals surface area contributed by atoms with E-state index in [1.807, 2.05) is 41.3 Å². The molecule has 1 amide bonds. The minimum absolute atomic E-state index is 0.0323. The number of hydrogen-bond donors (Lipinski definition) is 1. The predicted molar refractivity (Wildman–Crippen MR) is 109 cm³/mol. The number of rotatable bonds is 5. The van der Waals surface area contributed by atoms with E-state index in [9.17, 15) is 4.79 Å². The van der Waals surface area contributed by atoms with Gasteiger partial charge in [0.05, 0.1) is 19.8 Å². The Morgan fingerprint density at radius 1 is 1.04 bits per heavy atom. The SMILES string of the molecule is COc1ccc(Nc2ccc(C(=O)N3CCc4ccccc43)cn2)cc1OC. The Labute approximate surface area is 163 Å². The van der Waals surface area contributed by atoms with Crippen LogP contribution in [0.2, 0.25) is 0 Å². The number of hydrogen-bond acceptors (Lipinski definition) is 5. The van der Waals surface area contributed by atoms with Crippen LogP contribution < -0.4 is 19.7 Å². The number of nitrogens with zero attached hydrogens (tertiary/aromatic N) is 2. The molecule has 1 N–H and O–H groups in total. The zero-order chi connectivity index (χ0) is 19.5. The topological polar surface area (TPSA) is 63.7 Å². The lowest BCUT2D eigenvalue weighted by atomic mass is 10.2. The summed E-state index contributed by atoms with van der Waals surface area (Å²) in [5.74, 6) is 1.90. The number of nitrogens with one attached hydrogen (secondary N) is 1. The summed E-state index contributed by atoms with van der Waals surface area (Å²) in [7, 11) is 3.19. The lowest BCUT2D eigenvalue weighted by molar-refractivity contribution is 0.0989. The predicted octanol–water partition coefficient (Wildman–Crippen LogP) is 4.05. The van der Waals surface area contributed by atoms with Crippen molar-refractivity contribution in [1.82, 2.24) is 4.98 Å². The summed E-state index contributed by atoms with van der Waals surface area (Å²) in [5.41, 5.74) is 3.57. The van der Waals surface area contributed by atoms with Gasteiger partial charge in [-0.2, -0.15) is 0 Å². The number of ether oxygens (including phenoxy) is 2. The molecule has 0 saturated carbocycles. The lowest BCUT2D eigenvalue weighted by Crippen LogP contribution is -2.28. The molecule has 0 spiro atoms.